The Morgan fingerprint density at radius 1 is 0.844 bits per heavy atom. The van der Waals surface area contributed by atoms with E-state index in [1.807, 2.05) is 13.8 Å². The van der Waals surface area contributed by atoms with Crippen LogP contribution in [0.5, 0.6) is 0 Å². The van der Waals surface area contributed by atoms with Gasteiger partial charge in [-0.05, 0) is 67.9 Å². The molecule has 2 amide bonds. The number of nitrogens with zero attached hydrogens (tertiary/aromatic N) is 2. The van der Waals surface area contributed by atoms with E-state index in [1.54, 1.807) is 59.5 Å². The highest BCUT2D eigenvalue weighted by atomic mass is 35.5. The quantitative estimate of drug-likeness (QED) is 0.374. The molecule has 1 atom stereocenters. The number of carbonyl (C=O) groups is 1. The number of halogens is 5. The molecule has 3 nitrogen and oxygen atoms in total. The van der Waals surface area contributed by atoms with Crippen LogP contribution in [0.2, 0.25) is 10.0 Å². The fraction of sp³-hybridized carbons (Fsp3) is 0.208. The van der Waals surface area contributed by atoms with Crippen LogP contribution in [0.25, 0.3) is 0 Å². The number of urea groups is 1. The van der Waals surface area contributed by atoms with Crippen molar-refractivity contribution in [1.29, 1.82) is 0 Å². The molecule has 1 aliphatic rings. The number of amides is 2. The molecule has 0 spiro atoms. The number of carbonyl (C=O) groups excluding carboxylic acids is 1. The summed E-state index contributed by atoms with van der Waals surface area (Å²) in [4.78, 5) is 16.8. The maximum Gasteiger partial charge on any atom is 0.416 e. The van der Waals surface area contributed by atoms with Gasteiger partial charge >= 0.3 is 12.2 Å². The number of hydrogen-bond acceptors (Lipinski definition) is 1. The number of anilines is 2. The van der Waals surface area contributed by atoms with Crippen LogP contribution >= 0.6 is 23.2 Å². The van der Waals surface area contributed by atoms with Gasteiger partial charge in [0.1, 0.15) is 0 Å². The van der Waals surface area contributed by atoms with Gasteiger partial charge in [0.2, 0.25) is 0 Å². The van der Waals surface area contributed by atoms with Gasteiger partial charge < -0.3 is 0 Å². The standard InChI is InChI=1S/C24H19Cl2F3N2O/c1-23(2)21(15-6-3-7-16(12-15)24(27,28)29)30(19-10-4-8-17(25)13-19)22(32)31(23)20-11-5-9-18(26)14-20/h3-14,21H,1-2H3. The summed E-state index contributed by atoms with van der Waals surface area (Å²) in [6.45, 7) is 3.64. The topological polar surface area (TPSA) is 23.6 Å². The molecule has 4 rings (SSSR count). The molecular weight excluding hydrogens is 460 g/mol. The molecule has 0 aliphatic carbocycles. The fourth-order valence-corrected chi connectivity index (χ4v) is 4.66. The minimum Gasteiger partial charge on any atom is -0.286 e. The second-order valence-electron chi connectivity index (χ2n) is 8.13. The van der Waals surface area contributed by atoms with Crippen LogP contribution in [0, 0.1) is 0 Å². The van der Waals surface area contributed by atoms with Crippen LogP contribution in [0.1, 0.15) is 31.0 Å². The third kappa shape index (κ3) is 3.93. The van der Waals surface area contributed by atoms with Crippen molar-refractivity contribution in [2.24, 2.45) is 0 Å². The normalized spacial score (nSPS) is 18.3. The molecular formula is C24H19Cl2F3N2O. The van der Waals surface area contributed by atoms with Crippen molar-refractivity contribution < 1.29 is 18.0 Å². The van der Waals surface area contributed by atoms with Gasteiger partial charge in [0.15, 0.2) is 0 Å². The summed E-state index contributed by atoms with van der Waals surface area (Å²) in [6, 6.07) is 17.5. The van der Waals surface area contributed by atoms with E-state index in [0.29, 0.717) is 27.0 Å². The van der Waals surface area contributed by atoms with E-state index in [4.69, 9.17) is 23.2 Å². The van der Waals surface area contributed by atoms with Crippen LogP contribution in [0.4, 0.5) is 29.3 Å². The van der Waals surface area contributed by atoms with Crippen molar-refractivity contribution in [2.45, 2.75) is 31.6 Å². The number of rotatable bonds is 3. The lowest BCUT2D eigenvalue weighted by Crippen LogP contribution is -2.43. The molecule has 3 aromatic carbocycles. The van der Waals surface area contributed by atoms with Gasteiger partial charge in [-0.3, -0.25) is 9.80 Å². The molecule has 1 saturated heterocycles. The van der Waals surface area contributed by atoms with Crippen molar-refractivity contribution in [3.05, 3.63) is 94.0 Å². The number of benzene rings is 3. The zero-order chi connectivity index (χ0) is 23.3. The summed E-state index contributed by atoms with van der Waals surface area (Å²) in [7, 11) is 0. The minimum atomic E-state index is -4.50. The first kappa shape index (κ1) is 22.5. The lowest BCUT2D eigenvalue weighted by atomic mass is 9.87. The van der Waals surface area contributed by atoms with Crippen molar-refractivity contribution in [3.63, 3.8) is 0 Å². The fourth-order valence-electron chi connectivity index (χ4n) is 4.29. The first-order valence-corrected chi connectivity index (χ1v) is 10.6. The molecule has 3 aromatic rings. The first-order chi connectivity index (χ1) is 15.0. The molecule has 166 valence electrons. The molecule has 8 heteroatoms. The monoisotopic (exact) mass is 478 g/mol. The predicted octanol–water partition coefficient (Wildman–Crippen LogP) is 7.98. The van der Waals surface area contributed by atoms with Gasteiger partial charge in [-0.15, -0.1) is 0 Å². The van der Waals surface area contributed by atoms with Crippen molar-refractivity contribution in [2.75, 3.05) is 9.80 Å². The van der Waals surface area contributed by atoms with E-state index >= 15 is 0 Å². The highest BCUT2D eigenvalue weighted by Crippen LogP contribution is 2.48. The molecule has 1 heterocycles. The zero-order valence-electron chi connectivity index (χ0n) is 17.2. The van der Waals surface area contributed by atoms with Crippen molar-refractivity contribution in [1.82, 2.24) is 0 Å². The summed E-state index contributed by atoms with van der Waals surface area (Å²) >= 11 is 12.3. The summed E-state index contributed by atoms with van der Waals surface area (Å²) in [6.07, 6.45) is -4.50. The third-order valence-corrected chi connectivity index (χ3v) is 6.05. The molecule has 0 N–H and O–H groups in total. The SMILES string of the molecule is CC1(C)C(c2cccc(C(F)(F)F)c2)N(c2cccc(Cl)c2)C(=O)N1c1cccc(Cl)c1. The Bertz CT molecular complexity index is 1180. The molecule has 0 saturated carbocycles. The first-order valence-electron chi connectivity index (χ1n) is 9.82. The Hall–Kier alpha value is -2.70. The van der Waals surface area contributed by atoms with Gasteiger partial charge in [0.05, 0.1) is 17.1 Å². The minimum absolute atomic E-state index is 0.364. The lowest BCUT2D eigenvalue weighted by molar-refractivity contribution is -0.137. The van der Waals surface area contributed by atoms with Gasteiger partial charge in [-0.2, -0.15) is 13.2 Å². The molecule has 1 unspecified atom stereocenters. The van der Waals surface area contributed by atoms with Crippen molar-refractivity contribution >= 4 is 40.6 Å². The van der Waals surface area contributed by atoms with Gasteiger partial charge in [0.25, 0.3) is 0 Å². The smallest absolute Gasteiger partial charge is 0.286 e. The summed E-state index contributed by atoms with van der Waals surface area (Å²) in [5, 5.41) is 0.861. The highest BCUT2D eigenvalue weighted by Gasteiger charge is 2.53. The second-order valence-corrected chi connectivity index (χ2v) is 9.00. The Morgan fingerprint density at radius 3 is 2.00 bits per heavy atom. The van der Waals surface area contributed by atoms with Crippen LogP contribution in [-0.4, -0.2) is 11.6 Å². The largest absolute Gasteiger partial charge is 0.416 e. The Balaban J connectivity index is 1.93. The average Bonchev–Trinajstić information content (AvgIpc) is 2.92. The van der Waals surface area contributed by atoms with E-state index < -0.39 is 23.3 Å². The maximum absolute atomic E-state index is 13.8. The predicted molar refractivity (Wildman–Crippen MR) is 122 cm³/mol. The van der Waals surface area contributed by atoms with Crippen molar-refractivity contribution in [3.8, 4) is 0 Å². The lowest BCUT2D eigenvalue weighted by Gasteiger charge is -2.35. The van der Waals surface area contributed by atoms with E-state index in [1.165, 1.54) is 11.0 Å². The molecule has 0 bridgehead atoms. The number of alkyl halides is 3. The molecule has 1 aliphatic heterocycles. The van der Waals surface area contributed by atoms with E-state index in [-0.39, 0.29) is 6.03 Å². The van der Waals surface area contributed by atoms with Gasteiger partial charge in [0, 0.05) is 21.4 Å². The summed E-state index contributed by atoms with van der Waals surface area (Å²) in [5.74, 6) is 0. The second kappa shape index (κ2) is 8.01. The Labute approximate surface area is 194 Å². The number of hydrogen-bond donors (Lipinski definition) is 0. The molecule has 0 aromatic heterocycles. The average molecular weight is 479 g/mol. The van der Waals surface area contributed by atoms with Crippen LogP contribution in [0.3, 0.4) is 0 Å². The Kier molecular flexibility index (Phi) is 5.63. The van der Waals surface area contributed by atoms with Crippen LogP contribution in [0.15, 0.2) is 72.8 Å². The van der Waals surface area contributed by atoms with Crippen LogP contribution in [-0.2, 0) is 6.18 Å². The summed E-state index contributed by atoms with van der Waals surface area (Å²) in [5.41, 5.74) is -0.293. The van der Waals surface area contributed by atoms with Gasteiger partial charge in [-0.1, -0.05) is 47.5 Å². The van der Waals surface area contributed by atoms with E-state index in [0.717, 1.165) is 12.1 Å². The molecule has 1 fully saturated rings. The Morgan fingerprint density at radius 2 is 1.41 bits per heavy atom. The maximum atomic E-state index is 13.8. The zero-order valence-corrected chi connectivity index (χ0v) is 18.7. The van der Waals surface area contributed by atoms with Crippen LogP contribution < -0.4 is 9.80 Å². The third-order valence-electron chi connectivity index (χ3n) is 5.58. The molecule has 0 radical (unpaired) electrons. The van der Waals surface area contributed by atoms with E-state index in [9.17, 15) is 18.0 Å². The highest BCUT2D eigenvalue weighted by molar-refractivity contribution is 6.31. The van der Waals surface area contributed by atoms with Gasteiger partial charge in [-0.25, -0.2) is 4.79 Å². The molecule has 32 heavy (non-hydrogen) atoms. The summed E-state index contributed by atoms with van der Waals surface area (Å²) < 4.78 is 40.4. The van der Waals surface area contributed by atoms with E-state index in [2.05, 4.69) is 0 Å².